The van der Waals surface area contributed by atoms with Crippen LogP contribution in [0.4, 0.5) is 0 Å². The number of carbonyl (C=O) groups is 1. The molecule has 0 aliphatic carbocycles. The lowest BCUT2D eigenvalue weighted by Crippen LogP contribution is -2.29. The third-order valence-electron chi connectivity index (χ3n) is 2.82. The van der Waals surface area contributed by atoms with Crippen molar-refractivity contribution in [1.29, 1.82) is 0 Å². The van der Waals surface area contributed by atoms with Crippen molar-refractivity contribution in [3.05, 3.63) is 29.0 Å². The predicted octanol–water partition coefficient (Wildman–Crippen LogP) is 1.19. The predicted molar refractivity (Wildman–Crippen MR) is 60.3 cm³/mol. The Bertz CT molecular complexity index is 397. The first-order valence-electron chi connectivity index (χ1n) is 5.23. The Morgan fingerprint density at radius 3 is 3.12 bits per heavy atom. The molecule has 0 aromatic carbocycles. The van der Waals surface area contributed by atoms with Gasteiger partial charge in [0.25, 0.3) is 5.91 Å². The van der Waals surface area contributed by atoms with Crippen LogP contribution in [0.25, 0.3) is 0 Å². The summed E-state index contributed by atoms with van der Waals surface area (Å²) in [4.78, 5) is 17.6. The second kappa shape index (κ2) is 4.80. The number of nitrogens with zero attached hydrogens (tertiary/aromatic N) is 2. The maximum atomic E-state index is 12.0. The van der Waals surface area contributed by atoms with Crippen molar-refractivity contribution in [1.82, 2.24) is 9.88 Å². The molecule has 1 aliphatic heterocycles. The molecule has 1 saturated heterocycles. The van der Waals surface area contributed by atoms with Gasteiger partial charge in [-0.05, 0) is 18.6 Å². The van der Waals surface area contributed by atoms with Gasteiger partial charge in [0, 0.05) is 31.8 Å². The number of amides is 1. The van der Waals surface area contributed by atoms with Gasteiger partial charge in [0.15, 0.2) is 0 Å². The minimum absolute atomic E-state index is 0.103. The minimum Gasteiger partial charge on any atom is -0.396 e. The molecule has 86 valence electrons. The van der Waals surface area contributed by atoms with E-state index in [1.807, 2.05) is 0 Å². The zero-order valence-electron chi connectivity index (χ0n) is 8.77. The number of likely N-dealkylation sites (tertiary alicyclic amines) is 1. The Balaban J connectivity index is 2.12. The van der Waals surface area contributed by atoms with E-state index < -0.39 is 0 Å². The van der Waals surface area contributed by atoms with Crippen LogP contribution < -0.4 is 0 Å². The van der Waals surface area contributed by atoms with Crippen molar-refractivity contribution >= 4 is 17.5 Å². The molecule has 1 atom stereocenters. The summed E-state index contributed by atoms with van der Waals surface area (Å²) in [6.07, 6.45) is 2.40. The van der Waals surface area contributed by atoms with Crippen molar-refractivity contribution in [2.24, 2.45) is 5.92 Å². The van der Waals surface area contributed by atoms with Crippen molar-refractivity contribution in [2.45, 2.75) is 6.42 Å². The van der Waals surface area contributed by atoms with Gasteiger partial charge < -0.3 is 10.0 Å². The maximum absolute atomic E-state index is 12.0. The topological polar surface area (TPSA) is 53.4 Å². The minimum atomic E-state index is -0.103. The number of aromatic nitrogens is 1. The van der Waals surface area contributed by atoms with Gasteiger partial charge in [-0.25, -0.2) is 4.98 Å². The molecule has 0 unspecified atom stereocenters. The molecule has 1 aromatic heterocycles. The van der Waals surface area contributed by atoms with E-state index in [0.717, 1.165) is 6.42 Å². The SMILES string of the molecule is O=C(c1cccnc1Cl)N1CC[C@@H](CO)C1. The van der Waals surface area contributed by atoms with Crippen LogP contribution in [0.15, 0.2) is 18.3 Å². The molecule has 2 heterocycles. The van der Waals surface area contributed by atoms with E-state index in [0.29, 0.717) is 18.7 Å². The zero-order chi connectivity index (χ0) is 11.5. The lowest BCUT2D eigenvalue weighted by Gasteiger charge is -2.16. The molecule has 4 nitrogen and oxygen atoms in total. The highest BCUT2D eigenvalue weighted by atomic mass is 35.5. The summed E-state index contributed by atoms with van der Waals surface area (Å²) in [6.45, 7) is 1.40. The van der Waals surface area contributed by atoms with Gasteiger partial charge in [0.05, 0.1) is 5.56 Å². The fourth-order valence-electron chi connectivity index (χ4n) is 1.88. The fraction of sp³-hybridized carbons (Fsp3) is 0.455. The average Bonchev–Trinajstić information content (AvgIpc) is 2.77. The van der Waals surface area contributed by atoms with E-state index in [9.17, 15) is 4.79 Å². The molecule has 2 rings (SSSR count). The Labute approximate surface area is 98.9 Å². The molecule has 1 fully saturated rings. The third-order valence-corrected chi connectivity index (χ3v) is 3.12. The quantitative estimate of drug-likeness (QED) is 0.790. The Morgan fingerprint density at radius 2 is 2.50 bits per heavy atom. The third kappa shape index (κ3) is 2.18. The first kappa shape index (κ1) is 11.4. The smallest absolute Gasteiger partial charge is 0.256 e. The van der Waals surface area contributed by atoms with Crippen molar-refractivity contribution in [3.8, 4) is 0 Å². The number of hydrogen-bond donors (Lipinski definition) is 1. The number of aliphatic hydroxyl groups is 1. The lowest BCUT2D eigenvalue weighted by molar-refractivity contribution is 0.0781. The van der Waals surface area contributed by atoms with Crippen LogP contribution in [0.5, 0.6) is 0 Å². The van der Waals surface area contributed by atoms with Crippen LogP contribution in [-0.4, -0.2) is 40.6 Å². The summed E-state index contributed by atoms with van der Waals surface area (Å²) in [7, 11) is 0. The Kier molecular flexibility index (Phi) is 3.41. The molecule has 1 aromatic rings. The summed E-state index contributed by atoms with van der Waals surface area (Å²) >= 11 is 5.86. The van der Waals surface area contributed by atoms with Crippen LogP contribution >= 0.6 is 11.6 Å². The summed E-state index contributed by atoms with van der Waals surface area (Å²) in [5.41, 5.74) is 0.433. The Morgan fingerprint density at radius 1 is 1.69 bits per heavy atom. The maximum Gasteiger partial charge on any atom is 0.256 e. The van der Waals surface area contributed by atoms with Gasteiger partial charge in [-0.3, -0.25) is 4.79 Å². The monoisotopic (exact) mass is 240 g/mol. The van der Waals surface area contributed by atoms with E-state index >= 15 is 0 Å². The Hall–Kier alpha value is -1.13. The molecular weight excluding hydrogens is 228 g/mol. The normalized spacial score (nSPS) is 20.1. The highest BCUT2D eigenvalue weighted by molar-refractivity contribution is 6.32. The van der Waals surface area contributed by atoms with Gasteiger partial charge in [0.1, 0.15) is 5.15 Å². The summed E-state index contributed by atoms with van der Waals surface area (Å²) in [5.74, 6) is 0.0912. The van der Waals surface area contributed by atoms with Crippen molar-refractivity contribution in [2.75, 3.05) is 19.7 Å². The van der Waals surface area contributed by atoms with Crippen LogP contribution in [0.1, 0.15) is 16.8 Å². The molecule has 1 N–H and O–H groups in total. The fourth-order valence-corrected chi connectivity index (χ4v) is 2.08. The number of rotatable bonds is 2. The van der Waals surface area contributed by atoms with Gasteiger partial charge in [-0.2, -0.15) is 0 Å². The first-order chi connectivity index (χ1) is 7.72. The molecular formula is C11H13ClN2O2. The van der Waals surface area contributed by atoms with E-state index in [1.165, 1.54) is 0 Å². The molecule has 0 bridgehead atoms. The van der Waals surface area contributed by atoms with E-state index in [1.54, 1.807) is 23.2 Å². The highest BCUT2D eigenvalue weighted by Gasteiger charge is 2.27. The first-order valence-corrected chi connectivity index (χ1v) is 5.61. The average molecular weight is 241 g/mol. The van der Waals surface area contributed by atoms with Gasteiger partial charge in [0.2, 0.25) is 0 Å². The number of pyridine rings is 1. The van der Waals surface area contributed by atoms with Crippen LogP contribution in [-0.2, 0) is 0 Å². The van der Waals surface area contributed by atoms with Gasteiger partial charge in [-0.1, -0.05) is 11.6 Å². The molecule has 0 spiro atoms. The second-order valence-corrected chi connectivity index (χ2v) is 4.29. The molecule has 1 amide bonds. The molecule has 16 heavy (non-hydrogen) atoms. The summed E-state index contributed by atoms with van der Waals surface area (Å²) in [5, 5.41) is 9.25. The van der Waals surface area contributed by atoms with Gasteiger partial charge in [-0.15, -0.1) is 0 Å². The van der Waals surface area contributed by atoms with Gasteiger partial charge >= 0.3 is 0 Å². The molecule has 0 saturated carbocycles. The summed E-state index contributed by atoms with van der Waals surface area (Å²) in [6, 6.07) is 3.36. The molecule has 1 aliphatic rings. The van der Waals surface area contributed by atoms with E-state index in [4.69, 9.17) is 16.7 Å². The summed E-state index contributed by atoms with van der Waals surface area (Å²) < 4.78 is 0. The number of halogens is 1. The van der Waals surface area contributed by atoms with E-state index in [-0.39, 0.29) is 23.6 Å². The van der Waals surface area contributed by atoms with Crippen LogP contribution in [0.3, 0.4) is 0 Å². The van der Waals surface area contributed by atoms with Crippen molar-refractivity contribution < 1.29 is 9.90 Å². The van der Waals surface area contributed by atoms with Crippen LogP contribution in [0, 0.1) is 5.92 Å². The number of aliphatic hydroxyl groups excluding tert-OH is 1. The standard InChI is InChI=1S/C11H13ClN2O2/c12-10-9(2-1-4-13-10)11(16)14-5-3-8(6-14)7-15/h1-2,4,8,15H,3,5-7H2/t8-/m1/s1. The number of carbonyl (C=O) groups excluding carboxylic acids is 1. The molecule has 0 radical (unpaired) electrons. The highest BCUT2D eigenvalue weighted by Crippen LogP contribution is 2.20. The van der Waals surface area contributed by atoms with E-state index in [2.05, 4.69) is 4.98 Å². The number of hydrogen-bond acceptors (Lipinski definition) is 3. The zero-order valence-corrected chi connectivity index (χ0v) is 9.52. The van der Waals surface area contributed by atoms with Crippen molar-refractivity contribution in [3.63, 3.8) is 0 Å². The second-order valence-electron chi connectivity index (χ2n) is 3.93. The molecule has 5 heteroatoms. The lowest BCUT2D eigenvalue weighted by atomic mass is 10.1. The van der Waals surface area contributed by atoms with Crippen LogP contribution in [0.2, 0.25) is 5.15 Å². The largest absolute Gasteiger partial charge is 0.396 e.